The quantitative estimate of drug-likeness (QED) is 0.776. The molecular formula is C14H26N4O2S. The van der Waals surface area contributed by atoms with Crippen LogP contribution in [-0.4, -0.2) is 48.7 Å². The Morgan fingerprint density at radius 3 is 2.57 bits per heavy atom. The molecule has 1 saturated heterocycles. The summed E-state index contributed by atoms with van der Waals surface area (Å²) in [6.45, 7) is 7.23. The van der Waals surface area contributed by atoms with E-state index in [1.807, 2.05) is 11.5 Å². The molecule has 2 N–H and O–H groups in total. The van der Waals surface area contributed by atoms with Gasteiger partial charge in [0.1, 0.15) is 6.61 Å². The second-order valence-electron chi connectivity index (χ2n) is 5.85. The lowest BCUT2D eigenvalue weighted by Gasteiger charge is -2.32. The molecule has 1 aliphatic rings. The van der Waals surface area contributed by atoms with Gasteiger partial charge in [0, 0.05) is 19.6 Å². The standard InChI is InChI=1S/C14H26N4O2S/c1-3-6-17-13(9-19)15-18(14(17)21)10-16-7-4-12(5-8-16)11(2)20/h11-12,19-20H,3-10H2,1-2H3. The SMILES string of the molecule is CCCn1c(CO)nn(CN2CCC(C(C)O)CC2)c1=S. The molecular weight excluding hydrogens is 288 g/mol. The predicted molar refractivity (Wildman–Crippen MR) is 83.2 cm³/mol. The summed E-state index contributed by atoms with van der Waals surface area (Å²) in [6, 6.07) is 0. The maximum Gasteiger partial charge on any atom is 0.199 e. The molecule has 0 radical (unpaired) electrons. The van der Waals surface area contributed by atoms with Crippen LogP contribution in [0.25, 0.3) is 0 Å². The van der Waals surface area contributed by atoms with E-state index in [0.717, 1.165) is 38.9 Å². The van der Waals surface area contributed by atoms with Crippen LogP contribution in [-0.2, 0) is 19.8 Å². The van der Waals surface area contributed by atoms with Gasteiger partial charge >= 0.3 is 0 Å². The highest BCUT2D eigenvalue weighted by atomic mass is 32.1. The summed E-state index contributed by atoms with van der Waals surface area (Å²) in [5.74, 6) is 1.04. The lowest BCUT2D eigenvalue weighted by molar-refractivity contribution is 0.0590. The topological polar surface area (TPSA) is 66.5 Å². The van der Waals surface area contributed by atoms with Crippen molar-refractivity contribution in [3.8, 4) is 0 Å². The van der Waals surface area contributed by atoms with Crippen molar-refractivity contribution in [1.82, 2.24) is 19.2 Å². The fourth-order valence-electron chi connectivity index (χ4n) is 2.91. The summed E-state index contributed by atoms with van der Waals surface area (Å²) in [7, 11) is 0. The minimum atomic E-state index is -0.223. The van der Waals surface area contributed by atoms with Crippen LogP contribution < -0.4 is 0 Å². The molecule has 21 heavy (non-hydrogen) atoms. The Balaban J connectivity index is 2.02. The van der Waals surface area contributed by atoms with Crippen LogP contribution in [0, 0.1) is 10.7 Å². The molecule has 0 bridgehead atoms. The molecule has 1 unspecified atom stereocenters. The predicted octanol–water partition coefficient (Wildman–Crippen LogP) is 1.37. The summed E-state index contributed by atoms with van der Waals surface area (Å²) in [5.41, 5.74) is 0. The van der Waals surface area contributed by atoms with E-state index in [2.05, 4.69) is 16.9 Å². The van der Waals surface area contributed by atoms with Crippen LogP contribution in [0.4, 0.5) is 0 Å². The fourth-order valence-corrected chi connectivity index (χ4v) is 3.20. The Hall–Kier alpha value is -0.760. The molecule has 1 atom stereocenters. The van der Waals surface area contributed by atoms with Gasteiger partial charge in [-0.3, -0.25) is 4.90 Å². The molecule has 0 spiro atoms. The van der Waals surface area contributed by atoms with Crippen molar-refractivity contribution in [1.29, 1.82) is 0 Å². The zero-order valence-corrected chi connectivity index (χ0v) is 13.7. The number of aliphatic hydroxyl groups is 2. The van der Waals surface area contributed by atoms with Gasteiger partial charge in [0.15, 0.2) is 10.6 Å². The highest BCUT2D eigenvalue weighted by Gasteiger charge is 2.23. The van der Waals surface area contributed by atoms with Gasteiger partial charge in [-0.15, -0.1) is 0 Å². The minimum Gasteiger partial charge on any atom is -0.393 e. The summed E-state index contributed by atoms with van der Waals surface area (Å²) >= 11 is 5.46. The van der Waals surface area contributed by atoms with Gasteiger partial charge in [0.2, 0.25) is 0 Å². The number of hydrogen-bond donors (Lipinski definition) is 2. The molecule has 120 valence electrons. The van der Waals surface area contributed by atoms with Crippen LogP contribution in [0.5, 0.6) is 0 Å². The number of piperidine rings is 1. The maximum atomic E-state index is 9.64. The molecule has 6 nitrogen and oxygen atoms in total. The normalized spacial score (nSPS) is 19.0. The first-order valence-corrected chi connectivity index (χ1v) is 8.15. The first-order chi connectivity index (χ1) is 10.1. The van der Waals surface area contributed by atoms with Gasteiger partial charge < -0.3 is 14.8 Å². The molecule has 1 aliphatic heterocycles. The van der Waals surface area contributed by atoms with Crippen LogP contribution in [0.3, 0.4) is 0 Å². The molecule has 1 aromatic rings. The first kappa shape index (κ1) is 16.6. The number of nitrogens with zero attached hydrogens (tertiary/aromatic N) is 4. The van der Waals surface area contributed by atoms with Crippen LogP contribution in [0.1, 0.15) is 38.9 Å². The van der Waals surface area contributed by atoms with Crippen molar-refractivity contribution in [3.05, 3.63) is 10.6 Å². The fraction of sp³-hybridized carbons (Fsp3) is 0.857. The van der Waals surface area contributed by atoms with Crippen LogP contribution in [0.2, 0.25) is 0 Å². The smallest absolute Gasteiger partial charge is 0.199 e. The molecule has 7 heteroatoms. The van der Waals surface area contributed by atoms with Crippen molar-refractivity contribution in [3.63, 3.8) is 0 Å². The summed E-state index contributed by atoms with van der Waals surface area (Å²) in [4.78, 5) is 2.30. The van der Waals surface area contributed by atoms with E-state index < -0.39 is 0 Å². The van der Waals surface area contributed by atoms with Gasteiger partial charge in [0.25, 0.3) is 0 Å². The third-order valence-corrected chi connectivity index (χ3v) is 4.67. The lowest BCUT2D eigenvalue weighted by Crippen LogP contribution is -2.38. The number of likely N-dealkylation sites (tertiary alicyclic amines) is 1. The van der Waals surface area contributed by atoms with Gasteiger partial charge in [-0.2, -0.15) is 5.10 Å². The zero-order chi connectivity index (χ0) is 15.4. The number of hydrogen-bond acceptors (Lipinski definition) is 5. The zero-order valence-electron chi connectivity index (χ0n) is 12.9. The van der Waals surface area contributed by atoms with E-state index in [-0.39, 0.29) is 12.7 Å². The van der Waals surface area contributed by atoms with Crippen molar-refractivity contribution >= 4 is 12.2 Å². The van der Waals surface area contributed by atoms with E-state index >= 15 is 0 Å². The molecule has 0 amide bonds. The second-order valence-corrected chi connectivity index (χ2v) is 6.21. The molecule has 0 saturated carbocycles. The lowest BCUT2D eigenvalue weighted by atomic mass is 9.92. The summed E-state index contributed by atoms with van der Waals surface area (Å²) in [5, 5.41) is 23.5. The van der Waals surface area contributed by atoms with E-state index in [1.54, 1.807) is 4.68 Å². The third-order valence-electron chi connectivity index (χ3n) is 4.24. The summed E-state index contributed by atoms with van der Waals surface area (Å²) < 4.78 is 4.40. The largest absolute Gasteiger partial charge is 0.393 e. The number of rotatable bonds is 6. The molecule has 1 fully saturated rings. The summed E-state index contributed by atoms with van der Waals surface area (Å²) in [6.07, 6.45) is 2.76. The van der Waals surface area contributed by atoms with Crippen molar-refractivity contribution < 1.29 is 10.2 Å². The molecule has 1 aromatic heterocycles. The van der Waals surface area contributed by atoms with Crippen LogP contribution >= 0.6 is 12.2 Å². The Morgan fingerprint density at radius 2 is 2.05 bits per heavy atom. The van der Waals surface area contributed by atoms with E-state index in [4.69, 9.17) is 12.2 Å². The maximum absolute atomic E-state index is 9.64. The Bertz CT molecular complexity index is 504. The Labute approximate surface area is 131 Å². The van der Waals surface area contributed by atoms with Crippen molar-refractivity contribution in [2.24, 2.45) is 5.92 Å². The molecule has 2 heterocycles. The first-order valence-electron chi connectivity index (χ1n) is 7.74. The van der Waals surface area contributed by atoms with Gasteiger partial charge in [-0.05, 0) is 44.3 Å². The average molecular weight is 314 g/mol. The van der Waals surface area contributed by atoms with E-state index in [0.29, 0.717) is 23.2 Å². The Kier molecular flexibility index (Phi) is 5.92. The molecule has 2 rings (SSSR count). The Morgan fingerprint density at radius 1 is 1.38 bits per heavy atom. The monoisotopic (exact) mass is 314 g/mol. The third kappa shape index (κ3) is 3.91. The highest BCUT2D eigenvalue weighted by Crippen LogP contribution is 2.20. The van der Waals surface area contributed by atoms with Crippen LogP contribution in [0.15, 0.2) is 0 Å². The second kappa shape index (κ2) is 7.49. The van der Waals surface area contributed by atoms with E-state index in [1.165, 1.54) is 0 Å². The number of aliphatic hydroxyl groups excluding tert-OH is 2. The minimum absolute atomic E-state index is 0.0826. The van der Waals surface area contributed by atoms with Gasteiger partial charge in [-0.25, -0.2) is 4.68 Å². The average Bonchev–Trinajstić information content (AvgIpc) is 2.77. The van der Waals surface area contributed by atoms with E-state index in [9.17, 15) is 10.2 Å². The van der Waals surface area contributed by atoms with Gasteiger partial charge in [-0.1, -0.05) is 6.92 Å². The van der Waals surface area contributed by atoms with Gasteiger partial charge in [0.05, 0.1) is 12.8 Å². The number of aromatic nitrogens is 3. The van der Waals surface area contributed by atoms with Crippen molar-refractivity contribution in [2.45, 2.75) is 59.0 Å². The molecule has 0 aromatic carbocycles. The highest BCUT2D eigenvalue weighted by molar-refractivity contribution is 7.71. The molecule has 0 aliphatic carbocycles. The van der Waals surface area contributed by atoms with Crippen molar-refractivity contribution in [2.75, 3.05) is 13.1 Å².